The number of rotatable bonds is 5. The molecule has 0 radical (unpaired) electrons. The summed E-state index contributed by atoms with van der Waals surface area (Å²) in [7, 11) is 0. The minimum atomic E-state index is -0.517. The van der Waals surface area contributed by atoms with E-state index in [1.807, 2.05) is 20.8 Å². The third-order valence-electron chi connectivity index (χ3n) is 3.55. The van der Waals surface area contributed by atoms with E-state index in [-0.39, 0.29) is 11.6 Å². The molecule has 0 saturated heterocycles. The van der Waals surface area contributed by atoms with Crippen LogP contribution < -0.4 is 10.7 Å². The first-order valence-corrected chi connectivity index (χ1v) is 8.16. The predicted molar refractivity (Wildman–Crippen MR) is 103 cm³/mol. The molecule has 0 aromatic heterocycles. The Kier molecular flexibility index (Phi) is 6.02. The Hall–Kier alpha value is -3.55. The molecule has 0 fully saturated rings. The maximum absolute atomic E-state index is 12.1. The van der Waals surface area contributed by atoms with E-state index in [2.05, 4.69) is 15.8 Å². The zero-order chi connectivity index (χ0) is 20.0. The van der Waals surface area contributed by atoms with Gasteiger partial charge in [0.1, 0.15) is 0 Å². The molecule has 140 valence electrons. The average Bonchev–Trinajstić information content (AvgIpc) is 2.61. The summed E-state index contributed by atoms with van der Waals surface area (Å²) in [5.74, 6) is -0.563. The first-order valence-electron chi connectivity index (χ1n) is 8.16. The lowest BCUT2D eigenvalue weighted by Gasteiger charge is -2.17. The molecule has 27 heavy (non-hydrogen) atoms. The molecule has 2 aromatic rings. The van der Waals surface area contributed by atoms with Crippen LogP contribution in [0.25, 0.3) is 0 Å². The van der Waals surface area contributed by atoms with Crippen LogP contribution in [0.4, 0.5) is 11.4 Å². The predicted octanol–water partition coefficient (Wildman–Crippen LogP) is 3.34. The van der Waals surface area contributed by atoms with E-state index in [4.69, 9.17) is 0 Å². The van der Waals surface area contributed by atoms with Crippen molar-refractivity contribution in [1.82, 2.24) is 5.43 Å². The zero-order valence-corrected chi connectivity index (χ0v) is 15.2. The Balaban J connectivity index is 1.97. The topological polar surface area (TPSA) is 114 Å². The molecule has 0 unspecified atom stereocenters. The van der Waals surface area contributed by atoms with Gasteiger partial charge in [0.15, 0.2) is 0 Å². The molecule has 2 N–H and O–H groups in total. The number of carbonyl (C=O) groups is 2. The molecule has 0 aliphatic heterocycles. The number of nitrogens with one attached hydrogen (secondary N) is 2. The van der Waals surface area contributed by atoms with Crippen LogP contribution in [0, 0.1) is 15.5 Å². The second-order valence-corrected chi connectivity index (χ2v) is 6.83. The first-order chi connectivity index (χ1) is 12.7. The fraction of sp³-hybridized carbons (Fsp3) is 0.211. The lowest BCUT2D eigenvalue weighted by Crippen LogP contribution is -2.27. The molecule has 8 nitrogen and oxygen atoms in total. The molecule has 8 heteroatoms. The number of hydrogen-bond acceptors (Lipinski definition) is 5. The molecule has 0 aliphatic carbocycles. The molecule has 0 heterocycles. The van der Waals surface area contributed by atoms with Gasteiger partial charge in [0, 0.05) is 34.4 Å². The first kappa shape index (κ1) is 19.8. The number of nitro benzene ring substituents is 1. The van der Waals surface area contributed by atoms with Crippen molar-refractivity contribution >= 4 is 29.4 Å². The van der Waals surface area contributed by atoms with Gasteiger partial charge in [-0.1, -0.05) is 32.9 Å². The van der Waals surface area contributed by atoms with Crippen molar-refractivity contribution in [1.29, 1.82) is 0 Å². The largest absolute Gasteiger partial charge is 0.326 e. The van der Waals surface area contributed by atoms with Gasteiger partial charge in [-0.05, 0) is 24.3 Å². The number of carbonyl (C=O) groups excluding carboxylic acids is 2. The van der Waals surface area contributed by atoms with Crippen LogP contribution in [0.3, 0.4) is 0 Å². The van der Waals surface area contributed by atoms with Crippen molar-refractivity contribution in [2.75, 3.05) is 5.32 Å². The van der Waals surface area contributed by atoms with E-state index in [1.165, 1.54) is 24.4 Å². The summed E-state index contributed by atoms with van der Waals surface area (Å²) in [6.07, 6.45) is 1.32. The second-order valence-electron chi connectivity index (χ2n) is 6.83. The lowest BCUT2D eigenvalue weighted by molar-refractivity contribution is -0.384. The van der Waals surface area contributed by atoms with Crippen molar-refractivity contribution in [3.05, 3.63) is 69.8 Å². The Morgan fingerprint density at radius 2 is 1.78 bits per heavy atom. The van der Waals surface area contributed by atoms with Crippen molar-refractivity contribution in [3.8, 4) is 0 Å². The van der Waals surface area contributed by atoms with E-state index in [0.29, 0.717) is 16.8 Å². The monoisotopic (exact) mass is 368 g/mol. The maximum atomic E-state index is 12.1. The van der Waals surface area contributed by atoms with Gasteiger partial charge in [-0.15, -0.1) is 0 Å². The van der Waals surface area contributed by atoms with Gasteiger partial charge in [0.05, 0.1) is 11.1 Å². The molecule has 0 bridgehead atoms. The highest BCUT2D eigenvalue weighted by Crippen LogP contribution is 2.17. The number of nitro groups is 1. The number of non-ortho nitro benzene ring substituents is 1. The summed E-state index contributed by atoms with van der Waals surface area (Å²) in [4.78, 5) is 34.3. The van der Waals surface area contributed by atoms with Crippen molar-refractivity contribution in [2.45, 2.75) is 20.8 Å². The van der Waals surface area contributed by atoms with Gasteiger partial charge in [0.25, 0.3) is 11.6 Å². The average molecular weight is 368 g/mol. The highest BCUT2D eigenvalue weighted by molar-refractivity contribution is 5.97. The molecule has 0 atom stereocenters. The van der Waals surface area contributed by atoms with Crippen LogP contribution in [0.15, 0.2) is 53.6 Å². The summed E-state index contributed by atoms with van der Waals surface area (Å²) in [5.41, 5.74) is 3.22. The van der Waals surface area contributed by atoms with E-state index in [9.17, 15) is 19.7 Å². The summed E-state index contributed by atoms with van der Waals surface area (Å²) in [6, 6.07) is 12.3. The van der Waals surface area contributed by atoms with Crippen LogP contribution in [0.2, 0.25) is 0 Å². The van der Waals surface area contributed by atoms with Crippen molar-refractivity contribution in [3.63, 3.8) is 0 Å². The van der Waals surface area contributed by atoms with Crippen LogP contribution >= 0.6 is 0 Å². The van der Waals surface area contributed by atoms with E-state index >= 15 is 0 Å². The normalized spacial score (nSPS) is 11.2. The summed E-state index contributed by atoms with van der Waals surface area (Å²) in [6.45, 7) is 5.43. The van der Waals surface area contributed by atoms with Crippen LogP contribution in [-0.2, 0) is 4.79 Å². The Labute approximate surface area is 156 Å². The summed E-state index contributed by atoms with van der Waals surface area (Å²) >= 11 is 0. The maximum Gasteiger partial charge on any atom is 0.271 e. The van der Waals surface area contributed by atoms with Gasteiger partial charge >= 0.3 is 0 Å². The van der Waals surface area contributed by atoms with Crippen LogP contribution in [0.1, 0.15) is 36.7 Å². The Morgan fingerprint density at radius 1 is 1.11 bits per heavy atom. The third kappa shape index (κ3) is 5.74. The Bertz CT molecular complexity index is 883. The molecular weight excluding hydrogens is 348 g/mol. The number of hydrazone groups is 1. The number of hydrogen-bond donors (Lipinski definition) is 2. The van der Waals surface area contributed by atoms with Crippen molar-refractivity contribution < 1.29 is 14.5 Å². The fourth-order valence-electron chi connectivity index (χ4n) is 1.97. The highest BCUT2D eigenvalue weighted by atomic mass is 16.6. The SMILES string of the molecule is CC(C)(C)C(=O)Nc1ccc(C(=O)N/N=C\c2cccc([N+](=O)[O-])c2)cc1. The summed E-state index contributed by atoms with van der Waals surface area (Å²) < 4.78 is 0. The van der Waals surface area contributed by atoms with E-state index < -0.39 is 16.2 Å². The molecule has 0 aliphatic rings. The minimum Gasteiger partial charge on any atom is -0.326 e. The van der Waals surface area contributed by atoms with Crippen LogP contribution in [0.5, 0.6) is 0 Å². The number of benzene rings is 2. The van der Waals surface area contributed by atoms with Gasteiger partial charge in [-0.3, -0.25) is 19.7 Å². The van der Waals surface area contributed by atoms with Crippen molar-refractivity contribution in [2.24, 2.45) is 10.5 Å². The lowest BCUT2D eigenvalue weighted by atomic mass is 9.95. The third-order valence-corrected chi connectivity index (χ3v) is 3.55. The highest BCUT2D eigenvalue weighted by Gasteiger charge is 2.21. The molecular formula is C19H20N4O4. The molecule has 0 saturated carbocycles. The summed E-state index contributed by atoms with van der Waals surface area (Å²) in [5, 5.41) is 17.3. The van der Waals surface area contributed by atoms with Gasteiger partial charge < -0.3 is 5.32 Å². The second kappa shape index (κ2) is 8.22. The van der Waals surface area contributed by atoms with Gasteiger partial charge in [-0.25, -0.2) is 5.43 Å². The number of anilines is 1. The fourth-order valence-corrected chi connectivity index (χ4v) is 1.97. The zero-order valence-electron chi connectivity index (χ0n) is 15.2. The van der Waals surface area contributed by atoms with Gasteiger partial charge in [0.2, 0.25) is 5.91 Å². The smallest absolute Gasteiger partial charge is 0.271 e. The molecule has 2 amide bonds. The number of nitrogens with zero attached hydrogens (tertiary/aromatic N) is 2. The number of amides is 2. The van der Waals surface area contributed by atoms with Crippen LogP contribution in [-0.4, -0.2) is 23.0 Å². The van der Waals surface area contributed by atoms with E-state index in [0.717, 1.165) is 0 Å². The standard InChI is InChI=1S/C19H20N4O4/c1-19(2,3)18(25)21-15-9-7-14(8-10-15)17(24)22-20-12-13-5-4-6-16(11-13)23(26)27/h4-12H,1-3H3,(H,21,25)(H,22,24)/b20-12-. The van der Waals surface area contributed by atoms with E-state index in [1.54, 1.807) is 30.3 Å². The molecule has 2 aromatic carbocycles. The molecule has 0 spiro atoms. The quantitative estimate of drug-likeness (QED) is 0.478. The molecule has 2 rings (SSSR count). The van der Waals surface area contributed by atoms with Gasteiger partial charge in [-0.2, -0.15) is 5.10 Å². The Morgan fingerprint density at radius 3 is 2.37 bits per heavy atom. The minimum absolute atomic E-state index is 0.0573.